The fourth-order valence-electron chi connectivity index (χ4n) is 4.26. The van der Waals surface area contributed by atoms with Gasteiger partial charge in [0.15, 0.2) is 0 Å². The Hall–Kier alpha value is -0.0400. The first-order valence-corrected chi connectivity index (χ1v) is 6.31. The monoisotopic (exact) mass is 195 g/mol. The van der Waals surface area contributed by atoms with Crippen molar-refractivity contribution >= 4 is 0 Å². The third-order valence-electron chi connectivity index (χ3n) is 4.45. The lowest BCUT2D eigenvalue weighted by molar-refractivity contribution is 0.0426. The van der Waals surface area contributed by atoms with Crippen molar-refractivity contribution in [3.63, 3.8) is 0 Å². The van der Waals surface area contributed by atoms with Crippen molar-refractivity contribution in [2.75, 3.05) is 6.54 Å². The van der Waals surface area contributed by atoms with Gasteiger partial charge in [0.25, 0.3) is 0 Å². The molecule has 2 rings (SSSR count). The van der Waals surface area contributed by atoms with Crippen LogP contribution < -0.4 is 5.73 Å². The summed E-state index contributed by atoms with van der Waals surface area (Å²) in [6.45, 7) is 5.78. The van der Waals surface area contributed by atoms with E-state index in [0.717, 1.165) is 24.3 Å². The first-order chi connectivity index (χ1) is 6.61. The molecule has 14 heavy (non-hydrogen) atoms. The van der Waals surface area contributed by atoms with Crippen LogP contribution in [0.5, 0.6) is 0 Å². The molecule has 2 unspecified atom stereocenters. The summed E-state index contributed by atoms with van der Waals surface area (Å²) < 4.78 is 0. The van der Waals surface area contributed by atoms with Crippen LogP contribution >= 0.6 is 0 Å². The molecule has 0 heterocycles. The summed E-state index contributed by atoms with van der Waals surface area (Å²) in [4.78, 5) is 0. The Morgan fingerprint density at radius 2 is 1.71 bits per heavy atom. The maximum atomic E-state index is 5.72. The van der Waals surface area contributed by atoms with Crippen LogP contribution in [0.3, 0.4) is 0 Å². The zero-order valence-electron chi connectivity index (χ0n) is 9.76. The first-order valence-electron chi connectivity index (χ1n) is 6.31. The van der Waals surface area contributed by atoms with E-state index in [4.69, 9.17) is 5.73 Å². The van der Waals surface area contributed by atoms with Gasteiger partial charge in [-0.2, -0.15) is 0 Å². The molecule has 0 aromatic carbocycles. The van der Waals surface area contributed by atoms with Crippen molar-refractivity contribution in [2.45, 2.75) is 52.4 Å². The highest BCUT2D eigenvalue weighted by Crippen LogP contribution is 2.51. The maximum absolute atomic E-state index is 5.72. The van der Waals surface area contributed by atoms with Crippen molar-refractivity contribution in [3.8, 4) is 0 Å². The molecule has 1 heteroatoms. The topological polar surface area (TPSA) is 26.0 Å². The quantitative estimate of drug-likeness (QED) is 0.719. The Labute approximate surface area is 88.4 Å². The number of rotatable bonds is 2. The molecule has 82 valence electrons. The molecule has 2 saturated carbocycles. The third kappa shape index (κ3) is 2.13. The number of fused-ring (bicyclic) bond motifs is 2. The van der Waals surface area contributed by atoms with Crippen LogP contribution in [0.2, 0.25) is 0 Å². The van der Waals surface area contributed by atoms with Gasteiger partial charge in [-0.1, -0.05) is 13.8 Å². The molecule has 0 aromatic rings. The molecule has 0 aromatic heterocycles. The number of hydrogen-bond donors (Lipinski definition) is 1. The highest BCUT2D eigenvalue weighted by Gasteiger charge is 2.40. The van der Waals surface area contributed by atoms with Gasteiger partial charge in [0, 0.05) is 0 Å². The molecular formula is C13H25N. The molecule has 2 N–H and O–H groups in total. The first kappa shape index (κ1) is 10.5. The van der Waals surface area contributed by atoms with E-state index >= 15 is 0 Å². The molecule has 0 radical (unpaired) electrons. The average molecular weight is 195 g/mol. The lowest BCUT2D eigenvalue weighted by Crippen LogP contribution is -2.37. The Kier molecular flexibility index (Phi) is 2.88. The highest BCUT2D eigenvalue weighted by atomic mass is 14.6. The van der Waals surface area contributed by atoms with E-state index in [0.29, 0.717) is 5.41 Å². The van der Waals surface area contributed by atoms with Crippen molar-refractivity contribution in [2.24, 2.45) is 28.9 Å². The van der Waals surface area contributed by atoms with Gasteiger partial charge in [-0.25, -0.2) is 0 Å². The van der Waals surface area contributed by atoms with Crippen LogP contribution in [-0.4, -0.2) is 6.54 Å². The molecule has 2 aliphatic carbocycles. The second-order valence-corrected chi connectivity index (χ2v) is 6.30. The van der Waals surface area contributed by atoms with Crippen LogP contribution in [0, 0.1) is 23.2 Å². The minimum Gasteiger partial charge on any atom is -0.330 e. The van der Waals surface area contributed by atoms with E-state index in [1.54, 1.807) is 0 Å². The van der Waals surface area contributed by atoms with Crippen molar-refractivity contribution < 1.29 is 0 Å². The van der Waals surface area contributed by atoms with Gasteiger partial charge in [-0.05, 0) is 68.2 Å². The van der Waals surface area contributed by atoms with Crippen LogP contribution in [-0.2, 0) is 0 Å². The fraction of sp³-hybridized carbons (Fsp3) is 1.00. The van der Waals surface area contributed by atoms with E-state index in [9.17, 15) is 0 Å². The van der Waals surface area contributed by atoms with Gasteiger partial charge in [0.2, 0.25) is 0 Å². The summed E-state index contributed by atoms with van der Waals surface area (Å²) in [6, 6.07) is 0. The summed E-state index contributed by atoms with van der Waals surface area (Å²) >= 11 is 0. The van der Waals surface area contributed by atoms with Gasteiger partial charge in [-0.15, -0.1) is 0 Å². The molecular weight excluding hydrogens is 170 g/mol. The molecule has 2 atom stereocenters. The molecule has 0 spiro atoms. The minimum atomic E-state index is 0.586. The molecule has 2 aliphatic rings. The summed E-state index contributed by atoms with van der Waals surface area (Å²) in [5.74, 6) is 3.03. The zero-order valence-corrected chi connectivity index (χ0v) is 9.76. The lowest BCUT2D eigenvalue weighted by atomic mass is 9.58. The van der Waals surface area contributed by atoms with E-state index in [-0.39, 0.29) is 0 Å². The summed E-state index contributed by atoms with van der Waals surface area (Å²) in [5, 5.41) is 0. The molecule has 1 nitrogen and oxygen atoms in total. The normalized spacial score (nSPS) is 47.8. The predicted octanol–water partition coefficient (Wildman–Crippen LogP) is 3.19. The van der Waals surface area contributed by atoms with Gasteiger partial charge < -0.3 is 5.73 Å². The highest BCUT2D eigenvalue weighted by molar-refractivity contribution is 4.91. The Morgan fingerprint density at radius 3 is 2.21 bits per heavy atom. The maximum Gasteiger partial charge on any atom is -0.00721 e. The summed E-state index contributed by atoms with van der Waals surface area (Å²) in [6.07, 6.45) is 8.63. The van der Waals surface area contributed by atoms with Gasteiger partial charge in [0.1, 0.15) is 0 Å². The van der Waals surface area contributed by atoms with Crippen molar-refractivity contribution in [3.05, 3.63) is 0 Å². The number of hydrogen-bond acceptors (Lipinski definition) is 1. The Morgan fingerprint density at radius 1 is 1.14 bits per heavy atom. The van der Waals surface area contributed by atoms with Crippen molar-refractivity contribution in [1.29, 1.82) is 0 Å². The predicted molar refractivity (Wildman–Crippen MR) is 61.0 cm³/mol. The fourth-order valence-corrected chi connectivity index (χ4v) is 4.26. The van der Waals surface area contributed by atoms with Crippen molar-refractivity contribution in [1.82, 2.24) is 0 Å². The average Bonchev–Trinajstić information content (AvgIpc) is 1.99. The molecule has 2 bridgehead atoms. The second kappa shape index (κ2) is 3.84. The Bertz CT molecular complexity index is 181. The summed E-state index contributed by atoms with van der Waals surface area (Å²) in [7, 11) is 0. The number of nitrogens with two attached hydrogens (primary N) is 1. The molecule has 0 aliphatic heterocycles. The lowest BCUT2D eigenvalue weighted by Gasteiger charge is -2.47. The molecule has 0 amide bonds. The SMILES string of the molecule is CC1CC2CC(C1)CC(C)(CCN)C2. The van der Waals surface area contributed by atoms with Crippen LogP contribution in [0.4, 0.5) is 0 Å². The third-order valence-corrected chi connectivity index (χ3v) is 4.45. The van der Waals surface area contributed by atoms with E-state index in [1.165, 1.54) is 38.5 Å². The largest absolute Gasteiger partial charge is 0.330 e. The van der Waals surface area contributed by atoms with E-state index in [2.05, 4.69) is 13.8 Å². The van der Waals surface area contributed by atoms with Gasteiger partial charge >= 0.3 is 0 Å². The smallest absolute Gasteiger partial charge is 0.00721 e. The van der Waals surface area contributed by atoms with E-state index in [1.807, 2.05) is 0 Å². The van der Waals surface area contributed by atoms with Crippen LogP contribution in [0.25, 0.3) is 0 Å². The van der Waals surface area contributed by atoms with Crippen LogP contribution in [0.1, 0.15) is 52.4 Å². The standard InChI is InChI=1S/C13H25N/c1-10-5-11-7-12(6-10)9-13(2,8-11)3-4-14/h10-12H,3-9,14H2,1-2H3. The Balaban J connectivity index is 2.01. The zero-order chi connectivity index (χ0) is 10.2. The van der Waals surface area contributed by atoms with Gasteiger partial charge in [-0.3, -0.25) is 0 Å². The van der Waals surface area contributed by atoms with Gasteiger partial charge in [0.05, 0.1) is 0 Å². The minimum absolute atomic E-state index is 0.586. The van der Waals surface area contributed by atoms with E-state index < -0.39 is 0 Å². The molecule has 2 fully saturated rings. The second-order valence-electron chi connectivity index (χ2n) is 6.30. The summed E-state index contributed by atoms with van der Waals surface area (Å²) in [5.41, 5.74) is 6.31. The van der Waals surface area contributed by atoms with Crippen LogP contribution in [0.15, 0.2) is 0 Å². The molecule has 0 saturated heterocycles.